The fourth-order valence-corrected chi connectivity index (χ4v) is 3.95. The molecule has 2 unspecified atom stereocenters. The van der Waals surface area contributed by atoms with Crippen molar-refractivity contribution in [2.75, 3.05) is 6.61 Å². The average Bonchev–Trinajstić information content (AvgIpc) is 2.76. The summed E-state index contributed by atoms with van der Waals surface area (Å²) < 4.78 is 5.23. The van der Waals surface area contributed by atoms with Crippen molar-refractivity contribution in [2.24, 2.45) is 5.92 Å². The molecule has 6 nitrogen and oxygen atoms in total. The van der Waals surface area contributed by atoms with Gasteiger partial charge in [-0.25, -0.2) is 4.79 Å². The quantitative estimate of drug-likeness (QED) is 0.638. The zero-order valence-electron chi connectivity index (χ0n) is 17.7. The minimum atomic E-state index is -0.896. The van der Waals surface area contributed by atoms with Crippen molar-refractivity contribution in [1.29, 1.82) is 0 Å². The van der Waals surface area contributed by atoms with E-state index in [4.69, 9.17) is 16.3 Å². The second kappa shape index (κ2) is 10.4. The van der Waals surface area contributed by atoms with Crippen LogP contribution >= 0.6 is 11.6 Å². The number of benzene rings is 2. The maximum Gasteiger partial charge on any atom is 0.329 e. The smallest absolute Gasteiger partial charge is 0.329 e. The van der Waals surface area contributed by atoms with Crippen LogP contribution in [0.5, 0.6) is 0 Å². The number of carbonyl (C=O) groups is 3. The summed E-state index contributed by atoms with van der Waals surface area (Å²) in [5.41, 5.74) is 2.62. The molecule has 0 aromatic heterocycles. The van der Waals surface area contributed by atoms with E-state index in [0.29, 0.717) is 5.02 Å². The minimum Gasteiger partial charge on any atom is -0.454 e. The molecule has 0 heterocycles. The van der Waals surface area contributed by atoms with Crippen LogP contribution in [0, 0.1) is 5.92 Å². The average molecular weight is 443 g/mol. The molecular weight excluding hydrogens is 416 g/mol. The van der Waals surface area contributed by atoms with Gasteiger partial charge in [-0.3, -0.25) is 9.59 Å². The molecule has 0 saturated heterocycles. The first-order valence-corrected chi connectivity index (χ1v) is 10.8. The summed E-state index contributed by atoms with van der Waals surface area (Å²) in [5, 5.41) is 5.91. The number of esters is 1. The number of aryl methyl sites for hydroxylation is 1. The van der Waals surface area contributed by atoms with Crippen molar-refractivity contribution in [1.82, 2.24) is 10.6 Å². The summed E-state index contributed by atoms with van der Waals surface area (Å²) in [5.74, 6) is -1.72. The highest BCUT2D eigenvalue weighted by atomic mass is 35.5. The SMILES string of the molecule is CC(C)C(NC(=O)c1ccccc1Cl)C(=O)OCC(=O)NC1CCCc2ccccc21. The van der Waals surface area contributed by atoms with Crippen molar-refractivity contribution in [3.63, 3.8) is 0 Å². The topological polar surface area (TPSA) is 84.5 Å². The maximum atomic E-state index is 12.6. The third-order valence-corrected chi connectivity index (χ3v) is 5.71. The third-order valence-electron chi connectivity index (χ3n) is 5.38. The Morgan fingerprint density at radius 3 is 2.55 bits per heavy atom. The molecule has 0 spiro atoms. The Kier molecular flexibility index (Phi) is 7.69. The first-order chi connectivity index (χ1) is 14.9. The van der Waals surface area contributed by atoms with Gasteiger partial charge in [0.2, 0.25) is 0 Å². The van der Waals surface area contributed by atoms with Crippen LogP contribution in [0.1, 0.15) is 54.2 Å². The van der Waals surface area contributed by atoms with Gasteiger partial charge in [-0.05, 0) is 48.4 Å². The number of nitrogens with one attached hydrogen (secondary N) is 2. The fourth-order valence-electron chi connectivity index (χ4n) is 3.73. The monoisotopic (exact) mass is 442 g/mol. The molecule has 3 rings (SSSR count). The fraction of sp³-hybridized carbons (Fsp3) is 0.375. The summed E-state index contributed by atoms with van der Waals surface area (Å²) in [7, 11) is 0. The van der Waals surface area contributed by atoms with E-state index in [9.17, 15) is 14.4 Å². The van der Waals surface area contributed by atoms with Gasteiger partial charge >= 0.3 is 5.97 Å². The Hall–Kier alpha value is -2.86. The predicted molar refractivity (Wildman–Crippen MR) is 119 cm³/mol. The van der Waals surface area contributed by atoms with Gasteiger partial charge in [-0.15, -0.1) is 0 Å². The highest BCUT2D eigenvalue weighted by molar-refractivity contribution is 6.33. The van der Waals surface area contributed by atoms with Crippen LogP contribution in [0.15, 0.2) is 48.5 Å². The zero-order chi connectivity index (χ0) is 22.4. The van der Waals surface area contributed by atoms with Crippen LogP contribution < -0.4 is 10.6 Å². The summed E-state index contributed by atoms with van der Waals surface area (Å²) in [4.78, 5) is 37.5. The Labute approximate surface area is 187 Å². The number of hydrogen-bond donors (Lipinski definition) is 2. The van der Waals surface area contributed by atoms with E-state index >= 15 is 0 Å². The summed E-state index contributed by atoms with van der Waals surface area (Å²) in [6, 6.07) is 13.7. The van der Waals surface area contributed by atoms with Gasteiger partial charge < -0.3 is 15.4 Å². The lowest BCUT2D eigenvalue weighted by Gasteiger charge is -2.26. The van der Waals surface area contributed by atoms with Gasteiger partial charge in [-0.2, -0.15) is 0 Å². The highest BCUT2D eigenvalue weighted by Crippen LogP contribution is 2.29. The first-order valence-electron chi connectivity index (χ1n) is 10.5. The van der Waals surface area contributed by atoms with E-state index in [0.717, 1.165) is 24.8 Å². The molecule has 164 valence electrons. The molecule has 31 heavy (non-hydrogen) atoms. The summed E-state index contributed by atoms with van der Waals surface area (Å²) in [6.45, 7) is 3.18. The molecular formula is C24H27ClN2O4. The van der Waals surface area contributed by atoms with Crippen LogP contribution in [-0.2, 0) is 20.7 Å². The van der Waals surface area contributed by atoms with E-state index in [2.05, 4.69) is 16.7 Å². The van der Waals surface area contributed by atoms with Crippen LogP contribution in [0.3, 0.4) is 0 Å². The number of hydrogen-bond acceptors (Lipinski definition) is 4. The third kappa shape index (κ3) is 5.85. The zero-order valence-corrected chi connectivity index (χ0v) is 18.4. The number of halogens is 1. The van der Waals surface area contributed by atoms with Gasteiger partial charge in [-0.1, -0.05) is 61.8 Å². The number of ether oxygens (including phenoxy) is 1. The summed E-state index contributed by atoms with van der Waals surface area (Å²) >= 11 is 6.06. The van der Waals surface area contributed by atoms with Crippen molar-refractivity contribution >= 4 is 29.4 Å². The first kappa shape index (κ1) is 22.8. The van der Waals surface area contributed by atoms with Crippen LogP contribution in [0.25, 0.3) is 0 Å². The van der Waals surface area contributed by atoms with Crippen LogP contribution in [0.4, 0.5) is 0 Å². The Bertz CT molecular complexity index is 960. The van der Waals surface area contributed by atoms with Crippen molar-refractivity contribution in [3.05, 3.63) is 70.2 Å². The molecule has 0 bridgehead atoms. The number of amides is 2. The Morgan fingerprint density at radius 1 is 1.10 bits per heavy atom. The lowest BCUT2D eigenvalue weighted by molar-refractivity contribution is -0.151. The number of carbonyl (C=O) groups excluding carboxylic acids is 3. The highest BCUT2D eigenvalue weighted by Gasteiger charge is 2.28. The normalized spacial score (nSPS) is 16.2. The molecule has 0 fully saturated rings. The van der Waals surface area contributed by atoms with Crippen LogP contribution in [0.2, 0.25) is 5.02 Å². The van der Waals surface area contributed by atoms with Crippen LogP contribution in [-0.4, -0.2) is 30.4 Å². The lowest BCUT2D eigenvalue weighted by Crippen LogP contribution is -2.46. The van der Waals surface area contributed by atoms with Gasteiger partial charge in [0, 0.05) is 0 Å². The Balaban J connectivity index is 1.56. The number of rotatable bonds is 7. The molecule has 2 aromatic rings. The van der Waals surface area contributed by atoms with E-state index in [1.54, 1.807) is 38.1 Å². The standard InChI is InChI=1S/C24H27ClN2O4/c1-15(2)22(27-23(29)18-11-5-6-12-19(18)25)24(30)31-14-21(28)26-20-13-7-9-16-8-3-4-10-17(16)20/h3-6,8,10-12,15,20,22H,7,9,13-14H2,1-2H3,(H,26,28)(H,27,29). The summed E-state index contributed by atoms with van der Waals surface area (Å²) in [6.07, 6.45) is 2.84. The molecule has 2 aromatic carbocycles. The largest absolute Gasteiger partial charge is 0.454 e. The molecule has 7 heteroatoms. The molecule has 1 aliphatic carbocycles. The molecule has 0 aliphatic heterocycles. The molecule has 1 aliphatic rings. The maximum absolute atomic E-state index is 12.6. The lowest BCUT2D eigenvalue weighted by atomic mass is 9.88. The van der Waals surface area contributed by atoms with Crippen molar-refractivity contribution < 1.29 is 19.1 Å². The predicted octanol–water partition coefficient (Wildman–Crippen LogP) is 3.83. The van der Waals surface area contributed by atoms with E-state index < -0.39 is 24.5 Å². The van der Waals surface area contributed by atoms with Crippen molar-refractivity contribution in [2.45, 2.75) is 45.2 Å². The molecule has 0 saturated carbocycles. The van der Waals surface area contributed by atoms with Gasteiger partial charge in [0.1, 0.15) is 6.04 Å². The molecule has 2 N–H and O–H groups in total. The van der Waals surface area contributed by atoms with E-state index in [1.807, 2.05) is 18.2 Å². The van der Waals surface area contributed by atoms with Gasteiger partial charge in [0.25, 0.3) is 11.8 Å². The number of fused-ring (bicyclic) bond motifs is 1. The van der Waals surface area contributed by atoms with Gasteiger partial charge in [0.05, 0.1) is 16.6 Å². The molecule has 0 radical (unpaired) electrons. The second-order valence-corrected chi connectivity index (χ2v) is 8.40. The minimum absolute atomic E-state index is 0.0861. The van der Waals surface area contributed by atoms with E-state index in [-0.39, 0.29) is 23.4 Å². The van der Waals surface area contributed by atoms with Crippen molar-refractivity contribution in [3.8, 4) is 0 Å². The van der Waals surface area contributed by atoms with Gasteiger partial charge in [0.15, 0.2) is 6.61 Å². The van der Waals surface area contributed by atoms with E-state index in [1.165, 1.54) is 5.56 Å². The molecule has 2 atom stereocenters. The second-order valence-electron chi connectivity index (χ2n) is 7.99. The molecule has 2 amide bonds. The Morgan fingerprint density at radius 2 is 1.81 bits per heavy atom.